The van der Waals surface area contributed by atoms with Gasteiger partial charge in [0.25, 0.3) is 0 Å². The van der Waals surface area contributed by atoms with Gasteiger partial charge in [0.05, 0.1) is 5.52 Å². The lowest BCUT2D eigenvalue weighted by atomic mass is 9.94. The van der Waals surface area contributed by atoms with Crippen molar-refractivity contribution in [2.45, 2.75) is 45.4 Å². The van der Waals surface area contributed by atoms with Gasteiger partial charge in [0.2, 0.25) is 0 Å². The number of benzene rings is 1. The van der Waals surface area contributed by atoms with Gasteiger partial charge in [0, 0.05) is 17.0 Å². The number of pyridine rings is 1. The molecule has 1 heterocycles. The summed E-state index contributed by atoms with van der Waals surface area (Å²) in [5, 5.41) is 1.24. The first-order chi connectivity index (χ1) is 8.35. The molecule has 0 aliphatic heterocycles. The highest BCUT2D eigenvalue weighted by Crippen LogP contribution is 2.26. The van der Waals surface area contributed by atoms with Crippen molar-refractivity contribution in [1.29, 1.82) is 0 Å². The van der Waals surface area contributed by atoms with E-state index in [0.717, 1.165) is 5.52 Å². The number of fused-ring (bicyclic) bond motifs is 1. The van der Waals surface area contributed by atoms with E-state index in [1.165, 1.54) is 36.8 Å². The third-order valence-electron chi connectivity index (χ3n) is 3.31. The van der Waals surface area contributed by atoms with E-state index in [1.807, 2.05) is 0 Å². The number of nitrogens with zero attached hydrogens (tertiary/aromatic N) is 1. The van der Waals surface area contributed by atoms with Gasteiger partial charge in [0.1, 0.15) is 0 Å². The lowest BCUT2D eigenvalue weighted by molar-refractivity contribution is 0.550. The molecule has 0 atom stereocenters. The van der Waals surface area contributed by atoms with E-state index >= 15 is 0 Å². The molecule has 1 aromatic heterocycles. The Morgan fingerprint density at radius 1 is 0.941 bits per heavy atom. The van der Waals surface area contributed by atoms with Crippen LogP contribution in [0.2, 0.25) is 0 Å². The van der Waals surface area contributed by atoms with Crippen LogP contribution in [-0.4, -0.2) is 4.98 Å². The van der Waals surface area contributed by atoms with E-state index < -0.39 is 0 Å². The number of hydrogen-bond donors (Lipinski definition) is 0. The Labute approximate surface area is 104 Å². The molecule has 0 unspecified atom stereocenters. The van der Waals surface area contributed by atoms with E-state index in [0.29, 0.717) is 5.92 Å². The monoisotopic (exact) mass is 227 g/mol. The average Bonchev–Trinajstić information content (AvgIpc) is 2.38. The van der Waals surface area contributed by atoms with Gasteiger partial charge in [-0.15, -0.1) is 0 Å². The summed E-state index contributed by atoms with van der Waals surface area (Å²) in [5.74, 6) is 0.634. The molecule has 1 heteroatoms. The predicted octanol–water partition coefficient (Wildman–Crippen LogP) is 4.92. The molecule has 0 amide bonds. The van der Waals surface area contributed by atoms with Crippen LogP contribution >= 0.6 is 0 Å². The molecule has 1 nitrogen and oxygen atoms in total. The molecule has 0 spiro atoms. The number of hydrogen-bond acceptors (Lipinski definition) is 1. The zero-order valence-electron chi connectivity index (χ0n) is 10.8. The normalized spacial score (nSPS) is 11.2. The van der Waals surface area contributed by atoms with Crippen molar-refractivity contribution >= 4 is 10.9 Å². The van der Waals surface area contributed by atoms with Gasteiger partial charge in [0.15, 0.2) is 0 Å². The highest BCUT2D eigenvalue weighted by Gasteiger charge is 2.11. The fourth-order valence-electron chi connectivity index (χ4n) is 2.45. The van der Waals surface area contributed by atoms with Gasteiger partial charge in [-0.05, 0) is 25.0 Å². The van der Waals surface area contributed by atoms with Crippen LogP contribution in [0.5, 0.6) is 0 Å². The Balaban J connectivity index is 2.32. The summed E-state index contributed by atoms with van der Waals surface area (Å²) >= 11 is 0. The van der Waals surface area contributed by atoms with Crippen LogP contribution < -0.4 is 0 Å². The lowest BCUT2D eigenvalue weighted by Gasteiger charge is -2.15. The number of para-hydroxylation sites is 1. The predicted molar refractivity (Wildman–Crippen MR) is 74.3 cm³/mol. The second-order valence-corrected chi connectivity index (χ2v) is 4.70. The largest absolute Gasteiger partial charge is 0.253 e. The van der Waals surface area contributed by atoms with Crippen molar-refractivity contribution in [3.63, 3.8) is 0 Å². The van der Waals surface area contributed by atoms with Gasteiger partial charge >= 0.3 is 0 Å². The summed E-state index contributed by atoms with van der Waals surface area (Å²) < 4.78 is 0. The minimum Gasteiger partial charge on any atom is -0.253 e. The molecule has 90 valence electrons. The van der Waals surface area contributed by atoms with Crippen LogP contribution in [0.3, 0.4) is 0 Å². The van der Waals surface area contributed by atoms with E-state index in [1.54, 1.807) is 0 Å². The maximum atomic E-state index is 4.81. The van der Waals surface area contributed by atoms with Gasteiger partial charge in [-0.1, -0.05) is 51.0 Å². The molecule has 0 N–H and O–H groups in total. The van der Waals surface area contributed by atoms with Gasteiger partial charge in [-0.3, -0.25) is 4.98 Å². The summed E-state index contributed by atoms with van der Waals surface area (Å²) in [4.78, 5) is 4.81. The zero-order valence-corrected chi connectivity index (χ0v) is 10.8. The molecular formula is C16H21N. The number of aromatic nitrogens is 1. The van der Waals surface area contributed by atoms with E-state index in [2.05, 4.69) is 50.2 Å². The van der Waals surface area contributed by atoms with Gasteiger partial charge in [-0.25, -0.2) is 0 Å². The maximum Gasteiger partial charge on any atom is 0.0705 e. The molecule has 0 bridgehead atoms. The Morgan fingerprint density at radius 2 is 1.65 bits per heavy atom. The van der Waals surface area contributed by atoms with Gasteiger partial charge < -0.3 is 0 Å². The summed E-state index contributed by atoms with van der Waals surface area (Å²) in [6, 6.07) is 12.8. The van der Waals surface area contributed by atoms with Crippen molar-refractivity contribution < 1.29 is 0 Å². The minimum absolute atomic E-state index is 0.634. The van der Waals surface area contributed by atoms with Crippen molar-refractivity contribution in [2.24, 2.45) is 0 Å². The SMILES string of the molecule is CCCC(CCC)c1ccc2ccccc2n1. The second kappa shape index (κ2) is 5.81. The Morgan fingerprint density at radius 3 is 2.35 bits per heavy atom. The first kappa shape index (κ1) is 12.1. The first-order valence-corrected chi connectivity index (χ1v) is 6.70. The van der Waals surface area contributed by atoms with Crippen LogP contribution in [0, 0.1) is 0 Å². The van der Waals surface area contributed by atoms with Crippen molar-refractivity contribution in [3.05, 3.63) is 42.1 Å². The lowest BCUT2D eigenvalue weighted by Crippen LogP contribution is -2.01. The molecular weight excluding hydrogens is 206 g/mol. The summed E-state index contributed by atoms with van der Waals surface area (Å²) in [7, 11) is 0. The van der Waals surface area contributed by atoms with Crippen LogP contribution in [-0.2, 0) is 0 Å². The Hall–Kier alpha value is -1.37. The van der Waals surface area contributed by atoms with Crippen molar-refractivity contribution in [3.8, 4) is 0 Å². The maximum absolute atomic E-state index is 4.81. The number of rotatable bonds is 5. The van der Waals surface area contributed by atoms with Crippen LogP contribution in [0.1, 0.15) is 51.1 Å². The van der Waals surface area contributed by atoms with Crippen LogP contribution in [0.4, 0.5) is 0 Å². The molecule has 0 aliphatic rings. The van der Waals surface area contributed by atoms with E-state index in [9.17, 15) is 0 Å². The molecule has 0 aliphatic carbocycles. The smallest absolute Gasteiger partial charge is 0.0705 e. The Kier molecular flexibility index (Phi) is 4.13. The van der Waals surface area contributed by atoms with Crippen LogP contribution in [0.25, 0.3) is 10.9 Å². The van der Waals surface area contributed by atoms with Crippen molar-refractivity contribution in [2.75, 3.05) is 0 Å². The fourth-order valence-corrected chi connectivity index (χ4v) is 2.45. The molecule has 1 aromatic carbocycles. The topological polar surface area (TPSA) is 12.9 Å². The van der Waals surface area contributed by atoms with Crippen LogP contribution in [0.15, 0.2) is 36.4 Å². The van der Waals surface area contributed by atoms with E-state index in [-0.39, 0.29) is 0 Å². The molecule has 0 saturated heterocycles. The molecule has 0 radical (unpaired) electrons. The molecule has 2 aromatic rings. The van der Waals surface area contributed by atoms with Gasteiger partial charge in [-0.2, -0.15) is 0 Å². The quantitative estimate of drug-likeness (QED) is 0.706. The third-order valence-corrected chi connectivity index (χ3v) is 3.31. The zero-order chi connectivity index (χ0) is 12.1. The minimum atomic E-state index is 0.634. The second-order valence-electron chi connectivity index (χ2n) is 4.70. The van der Waals surface area contributed by atoms with Crippen molar-refractivity contribution in [1.82, 2.24) is 4.98 Å². The highest BCUT2D eigenvalue weighted by atomic mass is 14.7. The fraction of sp³-hybridized carbons (Fsp3) is 0.438. The molecule has 0 fully saturated rings. The molecule has 0 saturated carbocycles. The third kappa shape index (κ3) is 2.85. The molecule has 17 heavy (non-hydrogen) atoms. The molecule has 2 rings (SSSR count). The summed E-state index contributed by atoms with van der Waals surface area (Å²) in [5.41, 5.74) is 2.40. The Bertz CT molecular complexity index is 470. The van der Waals surface area contributed by atoms with E-state index in [4.69, 9.17) is 4.98 Å². The summed E-state index contributed by atoms with van der Waals surface area (Å²) in [6.45, 7) is 4.51. The standard InChI is InChI=1S/C16H21N/c1-3-7-13(8-4-2)16-12-11-14-9-5-6-10-15(14)17-16/h5-6,9-13H,3-4,7-8H2,1-2H3. The summed E-state index contributed by atoms with van der Waals surface area (Å²) in [6.07, 6.45) is 4.97. The average molecular weight is 227 g/mol. The highest BCUT2D eigenvalue weighted by molar-refractivity contribution is 5.78. The first-order valence-electron chi connectivity index (χ1n) is 6.70.